The number of guanidine groups is 1. The molecule has 24 heavy (non-hydrogen) atoms. The highest BCUT2D eigenvalue weighted by molar-refractivity contribution is 14.0. The van der Waals surface area contributed by atoms with Gasteiger partial charge < -0.3 is 19.9 Å². The van der Waals surface area contributed by atoms with Gasteiger partial charge in [-0.2, -0.15) is 0 Å². The zero-order valence-corrected chi connectivity index (χ0v) is 17.9. The molecule has 0 aliphatic carbocycles. The zero-order chi connectivity index (χ0) is 16.9. The summed E-state index contributed by atoms with van der Waals surface area (Å²) in [5.41, 5.74) is 0. The molecule has 0 fully saturated rings. The summed E-state index contributed by atoms with van der Waals surface area (Å²) in [6, 6.07) is 0. The molecule has 0 saturated carbocycles. The van der Waals surface area contributed by atoms with Crippen molar-refractivity contribution in [3.05, 3.63) is 18.2 Å². The molecule has 0 amide bonds. The minimum Gasteiger partial charge on any atom is -0.380 e. The molecule has 0 aliphatic rings. The summed E-state index contributed by atoms with van der Waals surface area (Å²) in [6.07, 6.45) is 7.22. The van der Waals surface area contributed by atoms with Crippen LogP contribution >= 0.6 is 24.0 Å². The van der Waals surface area contributed by atoms with Gasteiger partial charge in [0.1, 0.15) is 5.82 Å². The second-order valence-corrected chi connectivity index (χ2v) is 6.10. The molecular weight excluding hydrogens is 417 g/mol. The summed E-state index contributed by atoms with van der Waals surface area (Å²) >= 11 is 0. The first-order valence-corrected chi connectivity index (χ1v) is 8.63. The predicted octanol–water partition coefficient (Wildman–Crippen LogP) is 2.82. The van der Waals surface area contributed by atoms with E-state index in [4.69, 9.17) is 4.74 Å². The van der Waals surface area contributed by atoms with E-state index in [1.807, 2.05) is 19.3 Å². The van der Waals surface area contributed by atoms with E-state index in [0.29, 0.717) is 12.5 Å². The molecule has 140 valence electrons. The Labute approximate surface area is 163 Å². The molecule has 0 saturated heterocycles. The monoisotopic (exact) mass is 451 g/mol. The Morgan fingerprint density at radius 2 is 2.00 bits per heavy atom. The summed E-state index contributed by atoms with van der Waals surface area (Å²) in [4.78, 5) is 8.45. The molecule has 1 aromatic rings. The predicted molar refractivity (Wildman–Crippen MR) is 111 cm³/mol. The van der Waals surface area contributed by atoms with Crippen LogP contribution in [0, 0.1) is 12.8 Å². The Morgan fingerprint density at radius 3 is 2.62 bits per heavy atom. The van der Waals surface area contributed by atoms with Crippen LogP contribution in [0.25, 0.3) is 0 Å². The number of aromatic nitrogens is 2. The Morgan fingerprint density at radius 1 is 1.25 bits per heavy atom. The fourth-order valence-corrected chi connectivity index (χ4v) is 2.14. The van der Waals surface area contributed by atoms with E-state index in [-0.39, 0.29) is 24.0 Å². The third-order valence-corrected chi connectivity index (χ3v) is 3.64. The van der Waals surface area contributed by atoms with Crippen LogP contribution in [0.3, 0.4) is 0 Å². The van der Waals surface area contributed by atoms with Crippen LogP contribution in [0.1, 0.15) is 38.9 Å². The average Bonchev–Trinajstić information content (AvgIpc) is 2.93. The number of nitrogens with zero attached hydrogens (tertiary/aromatic N) is 3. The van der Waals surface area contributed by atoms with E-state index in [2.05, 4.69) is 39.0 Å². The van der Waals surface area contributed by atoms with Crippen molar-refractivity contribution in [3.63, 3.8) is 0 Å². The Bertz CT molecular complexity index is 448. The van der Waals surface area contributed by atoms with Gasteiger partial charge in [-0.25, -0.2) is 4.98 Å². The lowest BCUT2D eigenvalue weighted by atomic mass is 10.1. The molecule has 1 heterocycles. The Balaban J connectivity index is 0.00000529. The highest BCUT2D eigenvalue weighted by atomic mass is 127. The number of imidazole rings is 1. The van der Waals surface area contributed by atoms with Crippen molar-refractivity contribution >= 4 is 29.9 Å². The van der Waals surface area contributed by atoms with Gasteiger partial charge in [0.05, 0.1) is 6.61 Å². The molecule has 6 nitrogen and oxygen atoms in total. The molecule has 1 rings (SSSR count). The lowest BCUT2D eigenvalue weighted by molar-refractivity contribution is 0.128. The Hall–Kier alpha value is -0.830. The number of rotatable bonds is 11. The summed E-state index contributed by atoms with van der Waals surface area (Å²) in [5, 5.41) is 6.60. The highest BCUT2D eigenvalue weighted by Crippen LogP contribution is 1.99. The maximum absolute atomic E-state index is 5.58. The lowest BCUT2D eigenvalue weighted by Crippen LogP contribution is -2.39. The minimum atomic E-state index is 0. The SMILES string of the molecule is CN=C(NCCCCn1ccnc1C)NCCOCCC(C)C.I. The lowest BCUT2D eigenvalue weighted by Gasteiger charge is -2.12. The zero-order valence-electron chi connectivity index (χ0n) is 15.5. The van der Waals surface area contributed by atoms with E-state index in [0.717, 1.165) is 57.3 Å². The number of hydrogen-bond donors (Lipinski definition) is 2. The molecule has 0 atom stereocenters. The first-order valence-electron chi connectivity index (χ1n) is 8.63. The normalized spacial score (nSPS) is 11.5. The van der Waals surface area contributed by atoms with E-state index in [1.165, 1.54) is 0 Å². The van der Waals surface area contributed by atoms with Crippen LogP contribution in [-0.2, 0) is 11.3 Å². The van der Waals surface area contributed by atoms with Gasteiger partial charge in [-0.15, -0.1) is 24.0 Å². The standard InChI is InChI=1S/C17H33N5O.HI/c1-15(2)7-13-23-14-10-21-17(18-4)20-8-5-6-11-22-12-9-19-16(22)3;/h9,12,15H,5-8,10-11,13-14H2,1-4H3,(H2,18,20,21);1H. The van der Waals surface area contributed by atoms with Crippen molar-refractivity contribution in [2.24, 2.45) is 10.9 Å². The van der Waals surface area contributed by atoms with E-state index in [1.54, 1.807) is 7.05 Å². The molecule has 0 aromatic carbocycles. The van der Waals surface area contributed by atoms with Crippen LogP contribution in [0.5, 0.6) is 0 Å². The smallest absolute Gasteiger partial charge is 0.191 e. The van der Waals surface area contributed by atoms with E-state index < -0.39 is 0 Å². The average molecular weight is 451 g/mol. The summed E-state index contributed by atoms with van der Waals surface area (Å²) in [6.45, 7) is 10.7. The second kappa shape index (κ2) is 14.5. The number of unbranched alkanes of at least 4 members (excludes halogenated alkanes) is 1. The van der Waals surface area contributed by atoms with Gasteiger partial charge in [-0.1, -0.05) is 13.8 Å². The number of aliphatic imine (C=N–C) groups is 1. The van der Waals surface area contributed by atoms with Crippen LogP contribution < -0.4 is 10.6 Å². The van der Waals surface area contributed by atoms with Crippen molar-refractivity contribution in [2.45, 2.75) is 46.6 Å². The molecule has 0 bridgehead atoms. The van der Waals surface area contributed by atoms with Crippen molar-refractivity contribution < 1.29 is 4.74 Å². The molecule has 2 N–H and O–H groups in total. The molecule has 0 radical (unpaired) electrons. The summed E-state index contributed by atoms with van der Waals surface area (Å²) in [7, 11) is 1.80. The summed E-state index contributed by atoms with van der Waals surface area (Å²) < 4.78 is 7.76. The third-order valence-electron chi connectivity index (χ3n) is 3.64. The topological polar surface area (TPSA) is 63.5 Å². The molecule has 0 aliphatic heterocycles. The maximum atomic E-state index is 5.58. The Kier molecular flexibility index (Phi) is 14.0. The van der Waals surface area contributed by atoms with Crippen LogP contribution in [0.4, 0.5) is 0 Å². The van der Waals surface area contributed by atoms with Gasteiger partial charge in [0, 0.05) is 45.7 Å². The molecule has 7 heteroatoms. The van der Waals surface area contributed by atoms with Gasteiger partial charge >= 0.3 is 0 Å². The minimum absolute atomic E-state index is 0. The van der Waals surface area contributed by atoms with Crippen LogP contribution in [0.15, 0.2) is 17.4 Å². The number of nitrogens with one attached hydrogen (secondary N) is 2. The van der Waals surface area contributed by atoms with Gasteiger partial charge in [-0.05, 0) is 32.1 Å². The summed E-state index contributed by atoms with van der Waals surface area (Å²) in [5.74, 6) is 2.62. The number of aryl methyl sites for hydroxylation is 2. The van der Waals surface area contributed by atoms with E-state index in [9.17, 15) is 0 Å². The van der Waals surface area contributed by atoms with E-state index >= 15 is 0 Å². The third kappa shape index (κ3) is 10.9. The van der Waals surface area contributed by atoms with Crippen molar-refractivity contribution in [1.82, 2.24) is 20.2 Å². The van der Waals surface area contributed by atoms with Gasteiger partial charge in [0.2, 0.25) is 0 Å². The van der Waals surface area contributed by atoms with Crippen molar-refractivity contribution in [1.29, 1.82) is 0 Å². The van der Waals surface area contributed by atoms with Crippen LogP contribution in [0.2, 0.25) is 0 Å². The highest BCUT2D eigenvalue weighted by Gasteiger charge is 1.99. The fraction of sp³-hybridized carbons (Fsp3) is 0.765. The quantitative estimate of drug-likeness (QED) is 0.235. The number of hydrogen-bond acceptors (Lipinski definition) is 3. The molecule has 1 aromatic heterocycles. The van der Waals surface area contributed by atoms with Gasteiger partial charge in [-0.3, -0.25) is 4.99 Å². The van der Waals surface area contributed by atoms with Crippen molar-refractivity contribution in [2.75, 3.05) is 33.4 Å². The van der Waals surface area contributed by atoms with Crippen LogP contribution in [-0.4, -0.2) is 48.9 Å². The first kappa shape index (κ1) is 23.2. The van der Waals surface area contributed by atoms with Gasteiger partial charge in [0.15, 0.2) is 5.96 Å². The molecule has 0 unspecified atom stereocenters. The fourth-order valence-electron chi connectivity index (χ4n) is 2.14. The molecule has 0 spiro atoms. The largest absolute Gasteiger partial charge is 0.380 e. The second-order valence-electron chi connectivity index (χ2n) is 6.10. The first-order chi connectivity index (χ1) is 11.1. The number of ether oxygens (including phenoxy) is 1. The van der Waals surface area contributed by atoms with Gasteiger partial charge in [0.25, 0.3) is 0 Å². The molecular formula is C17H34IN5O. The number of halogens is 1. The maximum Gasteiger partial charge on any atom is 0.191 e. The van der Waals surface area contributed by atoms with Crippen molar-refractivity contribution in [3.8, 4) is 0 Å².